The van der Waals surface area contributed by atoms with Crippen LogP contribution < -0.4 is 0 Å². The zero-order chi connectivity index (χ0) is 27.2. The molecule has 2 rings (SSSR count). The van der Waals surface area contributed by atoms with E-state index in [0.29, 0.717) is 30.3 Å². The highest BCUT2D eigenvalue weighted by atomic mass is 16.5. The van der Waals surface area contributed by atoms with Crippen LogP contribution in [0.5, 0.6) is 0 Å². The highest BCUT2D eigenvalue weighted by Crippen LogP contribution is 2.36. The van der Waals surface area contributed by atoms with E-state index in [1.807, 2.05) is 0 Å². The van der Waals surface area contributed by atoms with Crippen LogP contribution in [0.4, 0.5) is 0 Å². The predicted octanol–water partition coefficient (Wildman–Crippen LogP) is 6.49. The monoisotopic (exact) mass is 506 g/mol. The molecule has 1 atom stereocenters. The van der Waals surface area contributed by atoms with Gasteiger partial charge in [0.2, 0.25) is 0 Å². The summed E-state index contributed by atoms with van der Waals surface area (Å²) >= 11 is 0. The molecule has 0 heterocycles. The molecule has 2 aliphatic rings. The third-order valence-electron chi connectivity index (χ3n) is 7.43. The maximum Gasteiger partial charge on any atom is 0.147 e. The van der Waals surface area contributed by atoms with Crippen LogP contribution in [0, 0.1) is 29.6 Å². The Labute approximate surface area is 221 Å². The Morgan fingerprint density at radius 1 is 0.917 bits per heavy atom. The normalized spacial score (nSPS) is 24.5. The standard InChI is InChI=1S/C23H42O2.C4H6O2.C4H6O/c1-3-4-5-6-19-7-9-20(10-8-19)11-12-21-13-15-22(16-14-21)23(17-24)18-25-2;1-4(2-5)3-6;1-4(2)3-5/h11-12,19-24H,3-10,13-18H2,1-2H3;2,6H,1,3H2;3H,1H2,2H3/b12-11+;;. The number of ether oxygens (including phenoxy) is 1. The van der Waals surface area contributed by atoms with Crippen molar-refractivity contribution in [3.8, 4) is 0 Å². The lowest BCUT2D eigenvalue weighted by Crippen LogP contribution is -2.27. The number of hydrogen-bond acceptors (Lipinski definition) is 5. The molecule has 0 aromatic rings. The summed E-state index contributed by atoms with van der Waals surface area (Å²) < 4.78 is 5.27. The van der Waals surface area contributed by atoms with Crippen molar-refractivity contribution >= 4 is 12.6 Å². The summed E-state index contributed by atoms with van der Waals surface area (Å²) in [6.45, 7) is 11.2. The Morgan fingerprint density at radius 3 is 1.81 bits per heavy atom. The minimum Gasteiger partial charge on any atom is -0.396 e. The fourth-order valence-corrected chi connectivity index (χ4v) is 5.06. The van der Waals surface area contributed by atoms with Gasteiger partial charge < -0.3 is 14.9 Å². The number of aldehydes is 2. The molecule has 0 aromatic carbocycles. The van der Waals surface area contributed by atoms with Gasteiger partial charge >= 0.3 is 0 Å². The molecule has 2 saturated carbocycles. The zero-order valence-corrected chi connectivity index (χ0v) is 23.3. The van der Waals surface area contributed by atoms with Crippen LogP contribution in [-0.2, 0) is 14.3 Å². The molecule has 0 aromatic heterocycles. The van der Waals surface area contributed by atoms with Gasteiger partial charge in [0.15, 0.2) is 0 Å². The van der Waals surface area contributed by atoms with Gasteiger partial charge in [-0.1, -0.05) is 57.9 Å². The number of hydrogen-bond donors (Lipinski definition) is 2. The van der Waals surface area contributed by atoms with Gasteiger partial charge in [0.25, 0.3) is 0 Å². The highest BCUT2D eigenvalue weighted by Gasteiger charge is 2.26. The third kappa shape index (κ3) is 17.0. The summed E-state index contributed by atoms with van der Waals surface area (Å²) in [5.74, 6) is 3.65. The summed E-state index contributed by atoms with van der Waals surface area (Å²) in [6.07, 6.45) is 22.9. The first-order chi connectivity index (χ1) is 17.3. The average Bonchev–Trinajstić information content (AvgIpc) is 2.92. The number of aliphatic hydroxyl groups excluding tert-OH is 2. The molecular weight excluding hydrogens is 452 g/mol. The van der Waals surface area contributed by atoms with Crippen molar-refractivity contribution in [2.45, 2.75) is 90.9 Å². The molecule has 0 spiro atoms. The lowest BCUT2D eigenvalue weighted by atomic mass is 9.75. The second kappa shape index (κ2) is 22.6. The Hall–Kier alpha value is -1.56. The molecule has 0 bridgehead atoms. The lowest BCUT2D eigenvalue weighted by Gasteiger charge is -2.32. The van der Waals surface area contributed by atoms with E-state index in [0.717, 1.165) is 24.0 Å². The van der Waals surface area contributed by atoms with Crippen molar-refractivity contribution in [3.05, 3.63) is 36.5 Å². The SMILES string of the molecule is C=C(C)C=O.C=C(C=O)CO.CCCCCC1CCC(/C=C/C2CCC(C(CO)COC)CC2)CC1. The number of unbranched alkanes of at least 4 members (excludes halogenated alkanes) is 2. The second-order valence-electron chi connectivity index (χ2n) is 10.6. The van der Waals surface area contributed by atoms with Crippen LogP contribution in [0.15, 0.2) is 36.5 Å². The number of aliphatic hydroxyl groups is 2. The van der Waals surface area contributed by atoms with Gasteiger partial charge in [0, 0.05) is 25.2 Å². The first kappa shape index (κ1) is 34.4. The van der Waals surface area contributed by atoms with Crippen LogP contribution in [0.25, 0.3) is 0 Å². The Bertz CT molecular complexity index is 610. The molecule has 0 amide bonds. The van der Waals surface area contributed by atoms with Crippen LogP contribution in [0.1, 0.15) is 90.9 Å². The fourth-order valence-electron chi connectivity index (χ4n) is 5.06. The molecular formula is C31H54O5. The largest absolute Gasteiger partial charge is 0.396 e. The number of carbonyl (C=O) groups is 2. The van der Waals surface area contributed by atoms with E-state index in [-0.39, 0.29) is 18.8 Å². The van der Waals surface area contributed by atoms with Gasteiger partial charge in [-0.15, -0.1) is 0 Å². The summed E-state index contributed by atoms with van der Waals surface area (Å²) in [4.78, 5) is 18.9. The van der Waals surface area contributed by atoms with Crippen LogP contribution in [0.2, 0.25) is 0 Å². The van der Waals surface area contributed by atoms with E-state index in [2.05, 4.69) is 32.2 Å². The summed E-state index contributed by atoms with van der Waals surface area (Å²) in [7, 11) is 1.75. The maximum absolute atomic E-state index is 9.54. The number of carbonyl (C=O) groups excluding carboxylic acids is 2. The van der Waals surface area contributed by atoms with E-state index in [1.165, 1.54) is 77.0 Å². The van der Waals surface area contributed by atoms with Crippen LogP contribution in [-0.4, -0.2) is 49.7 Å². The van der Waals surface area contributed by atoms with Crippen molar-refractivity contribution < 1.29 is 24.5 Å². The lowest BCUT2D eigenvalue weighted by molar-refractivity contribution is -0.105. The van der Waals surface area contributed by atoms with Crippen LogP contribution >= 0.6 is 0 Å². The smallest absolute Gasteiger partial charge is 0.147 e. The van der Waals surface area contributed by atoms with Crippen molar-refractivity contribution in [1.29, 1.82) is 0 Å². The van der Waals surface area contributed by atoms with Crippen molar-refractivity contribution in [2.24, 2.45) is 29.6 Å². The Kier molecular flexibility index (Phi) is 21.6. The van der Waals surface area contributed by atoms with E-state index < -0.39 is 0 Å². The first-order valence-electron chi connectivity index (χ1n) is 14.0. The van der Waals surface area contributed by atoms with E-state index in [1.54, 1.807) is 14.0 Å². The van der Waals surface area contributed by atoms with Crippen LogP contribution in [0.3, 0.4) is 0 Å². The molecule has 36 heavy (non-hydrogen) atoms. The number of rotatable bonds is 13. The average molecular weight is 507 g/mol. The molecule has 2 fully saturated rings. The fraction of sp³-hybridized carbons (Fsp3) is 0.742. The first-order valence-corrected chi connectivity index (χ1v) is 14.0. The van der Waals surface area contributed by atoms with Crippen molar-refractivity contribution in [1.82, 2.24) is 0 Å². The second-order valence-corrected chi connectivity index (χ2v) is 10.6. The maximum atomic E-state index is 9.54. The van der Waals surface area contributed by atoms with Crippen molar-refractivity contribution in [3.63, 3.8) is 0 Å². The Balaban J connectivity index is 0.000000931. The molecule has 208 valence electrons. The summed E-state index contributed by atoms with van der Waals surface area (Å²) in [6, 6.07) is 0. The highest BCUT2D eigenvalue weighted by molar-refractivity contribution is 5.72. The predicted molar refractivity (Wildman–Crippen MR) is 150 cm³/mol. The molecule has 0 saturated heterocycles. The minimum atomic E-state index is -0.233. The molecule has 0 aliphatic heterocycles. The molecule has 5 heteroatoms. The molecule has 5 nitrogen and oxygen atoms in total. The minimum absolute atomic E-state index is 0.218. The number of methoxy groups -OCH3 is 1. The molecule has 0 radical (unpaired) electrons. The number of allylic oxidation sites excluding steroid dienone is 3. The molecule has 2 N–H and O–H groups in total. The van der Waals surface area contributed by atoms with Gasteiger partial charge in [-0.2, -0.15) is 0 Å². The summed E-state index contributed by atoms with van der Waals surface area (Å²) in [5, 5.41) is 17.5. The van der Waals surface area contributed by atoms with Gasteiger partial charge in [-0.25, -0.2) is 0 Å². The van der Waals surface area contributed by atoms with E-state index >= 15 is 0 Å². The molecule has 2 aliphatic carbocycles. The third-order valence-corrected chi connectivity index (χ3v) is 7.43. The Morgan fingerprint density at radius 2 is 1.44 bits per heavy atom. The van der Waals surface area contributed by atoms with E-state index in [9.17, 15) is 14.7 Å². The van der Waals surface area contributed by atoms with Gasteiger partial charge in [0.05, 0.1) is 13.2 Å². The summed E-state index contributed by atoms with van der Waals surface area (Å²) in [5.41, 5.74) is 0.792. The topological polar surface area (TPSA) is 83.8 Å². The van der Waals surface area contributed by atoms with Gasteiger partial charge in [0.1, 0.15) is 12.6 Å². The van der Waals surface area contributed by atoms with Gasteiger partial charge in [-0.05, 0) is 87.5 Å². The van der Waals surface area contributed by atoms with Gasteiger partial charge in [-0.3, -0.25) is 9.59 Å². The van der Waals surface area contributed by atoms with Crippen molar-refractivity contribution in [2.75, 3.05) is 26.9 Å². The quantitative estimate of drug-likeness (QED) is 0.129. The zero-order valence-electron chi connectivity index (χ0n) is 23.3. The van der Waals surface area contributed by atoms with E-state index in [4.69, 9.17) is 9.84 Å². The molecule has 1 unspecified atom stereocenters.